The molecule has 0 unspecified atom stereocenters. The molecule has 0 atom stereocenters. The Morgan fingerprint density at radius 2 is 1.71 bits per heavy atom. The second-order valence-electron chi connectivity index (χ2n) is 6.61. The molecule has 2 N–H and O–H groups in total. The SMILES string of the molecule is O=C(NN=Cc1cc(Br)c(O)c(Br)c1)c1cc(-c2ccc(Cl)cc2)nc2ccccc12. The number of aromatic nitrogens is 1. The van der Waals surface area contributed by atoms with Gasteiger partial charge in [0.05, 0.1) is 31.9 Å². The van der Waals surface area contributed by atoms with Crippen LogP contribution in [0, 0.1) is 0 Å². The summed E-state index contributed by atoms with van der Waals surface area (Å²) in [4.78, 5) is 17.6. The van der Waals surface area contributed by atoms with E-state index in [1.165, 1.54) is 6.21 Å². The fourth-order valence-corrected chi connectivity index (χ4v) is 4.36. The third-order valence-corrected chi connectivity index (χ3v) is 5.98. The van der Waals surface area contributed by atoms with Crippen LogP contribution in [0.1, 0.15) is 15.9 Å². The molecule has 0 saturated heterocycles. The first kappa shape index (κ1) is 21.5. The van der Waals surface area contributed by atoms with E-state index < -0.39 is 0 Å². The number of phenolic OH excluding ortho intramolecular Hbond substituents is 1. The van der Waals surface area contributed by atoms with Crippen molar-refractivity contribution < 1.29 is 9.90 Å². The predicted molar refractivity (Wildman–Crippen MR) is 131 cm³/mol. The van der Waals surface area contributed by atoms with Gasteiger partial charge in [0, 0.05) is 16.0 Å². The highest BCUT2D eigenvalue weighted by molar-refractivity contribution is 9.11. The number of rotatable bonds is 4. The highest BCUT2D eigenvalue weighted by Crippen LogP contribution is 2.32. The van der Waals surface area contributed by atoms with Crippen LogP contribution in [0.5, 0.6) is 5.75 Å². The second kappa shape index (κ2) is 9.18. The van der Waals surface area contributed by atoms with E-state index in [4.69, 9.17) is 11.6 Å². The van der Waals surface area contributed by atoms with Gasteiger partial charge in [-0.1, -0.05) is 41.9 Å². The normalized spacial score (nSPS) is 11.2. The predicted octanol–water partition coefficient (Wildman–Crippen LogP) is 6.55. The minimum Gasteiger partial charge on any atom is -0.506 e. The van der Waals surface area contributed by atoms with Gasteiger partial charge in [-0.25, -0.2) is 10.4 Å². The smallest absolute Gasteiger partial charge is 0.272 e. The van der Waals surface area contributed by atoms with Gasteiger partial charge in [-0.05, 0) is 73.8 Å². The second-order valence-corrected chi connectivity index (χ2v) is 8.76. The Kier molecular flexibility index (Phi) is 6.36. The number of carbonyl (C=O) groups excluding carboxylic acids is 1. The van der Waals surface area contributed by atoms with Crippen LogP contribution in [0.4, 0.5) is 0 Å². The van der Waals surface area contributed by atoms with Crippen LogP contribution in [0.2, 0.25) is 5.02 Å². The van der Waals surface area contributed by atoms with E-state index >= 15 is 0 Å². The van der Waals surface area contributed by atoms with Gasteiger partial charge in [0.25, 0.3) is 5.91 Å². The van der Waals surface area contributed by atoms with E-state index in [0.717, 1.165) is 10.9 Å². The average Bonchev–Trinajstić information content (AvgIpc) is 2.77. The molecule has 8 heteroatoms. The fourth-order valence-electron chi connectivity index (χ4n) is 3.02. The van der Waals surface area contributed by atoms with Crippen LogP contribution in [0.3, 0.4) is 0 Å². The zero-order chi connectivity index (χ0) is 22.0. The fraction of sp³-hybridized carbons (Fsp3) is 0. The van der Waals surface area contributed by atoms with Gasteiger partial charge < -0.3 is 5.11 Å². The summed E-state index contributed by atoms with van der Waals surface area (Å²) in [7, 11) is 0. The van der Waals surface area contributed by atoms with Gasteiger partial charge in [0.2, 0.25) is 0 Å². The Morgan fingerprint density at radius 1 is 1.03 bits per heavy atom. The van der Waals surface area contributed by atoms with E-state index in [0.29, 0.717) is 36.3 Å². The molecule has 0 radical (unpaired) electrons. The van der Waals surface area contributed by atoms with Crippen LogP contribution in [-0.4, -0.2) is 22.2 Å². The minimum absolute atomic E-state index is 0.0965. The van der Waals surface area contributed by atoms with Crippen LogP contribution in [-0.2, 0) is 0 Å². The van der Waals surface area contributed by atoms with E-state index in [1.54, 1.807) is 30.3 Å². The number of amides is 1. The molecule has 5 nitrogen and oxygen atoms in total. The molecule has 1 amide bonds. The van der Waals surface area contributed by atoms with E-state index in [-0.39, 0.29) is 11.7 Å². The largest absolute Gasteiger partial charge is 0.506 e. The third-order valence-electron chi connectivity index (χ3n) is 4.52. The lowest BCUT2D eigenvalue weighted by atomic mass is 10.0. The Bertz CT molecular complexity index is 1300. The van der Waals surface area contributed by atoms with Crippen molar-refractivity contribution in [3.63, 3.8) is 0 Å². The molecule has 154 valence electrons. The number of fused-ring (bicyclic) bond motifs is 1. The maximum absolute atomic E-state index is 12.9. The van der Waals surface area contributed by atoms with E-state index in [2.05, 4.69) is 47.4 Å². The maximum atomic E-state index is 12.9. The van der Waals surface area contributed by atoms with E-state index in [9.17, 15) is 9.90 Å². The van der Waals surface area contributed by atoms with Crippen molar-refractivity contribution >= 4 is 66.5 Å². The number of nitrogens with one attached hydrogen (secondary N) is 1. The zero-order valence-electron chi connectivity index (χ0n) is 15.8. The lowest BCUT2D eigenvalue weighted by Crippen LogP contribution is -2.18. The molecule has 4 rings (SSSR count). The molecule has 0 aliphatic rings. The zero-order valence-corrected chi connectivity index (χ0v) is 19.7. The Balaban J connectivity index is 1.66. The van der Waals surface area contributed by atoms with Gasteiger partial charge in [-0.3, -0.25) is 4.79 Å². The first-order valence-corrected chi connectivity index (χ1v) is 11.1. The van der Waals surface area contributed by atoms with Crippen molar-refractivity contribution in [1.82, 2.24) is 10.4 Å². The monoisotopic (exact) mass is 557 g/mol. The average molecular weight is 560 g/mol. The van der Waals surface area contributed by atoms with Crippen molar-refractivity contribution in [1.29, 1.82) is 0 Å². The lowest BCUT2D eigenvalue weighted by Gasteiger charge is -2.09. The highest BCUT2D eigenvalue weighted by atomic mass is 79.9. The molecule has 0 saturated carbocycles. The molecular formula is C23H14Br2ClN3O2. The topological polar surface area (TPSA) is 74.6 Å². The van der Waals surface area contributed by atoms with Crippen molar-refractivity contribution in [2.75, 3.05) is 0 Å². The third kappa shape index (κ3) is 4.79. The van der Waals surface area contributed by atoms with Crippen molar-refractivity contribution in [3.8, 4) is 17.0 Å². The molecule has 4 aromatic rings. The summed E-state index contributed by atoms with van der Waals surface area (Å²) >= 11 is 12.5. The number of halogens is 3. The molecule has 3 aromatic carbocycles. The number of hydrogen-bond donors (Lipinski definition) is 2. The highest BCUT2D eigenvalue weighted by Gasteiger charge is 2.14. The number of pyridine rings is 1. The van der Waals surface area contributed by atoms with Gasteiger partial charge in [0.1, 0.15) is 5.75 Å². The molecular weight excluding hydrogens is 546 g/mol. The number of aromatic hydroxyl groups is 1. The summed E-state index contributed by atoms with van der Waals surface area (Å²) in [6, 6.07) is 19.9. The quantitative estimate of drug-likeness (QED) is 0.220. The summed E-state index contributed by atoms with van der Waals surface area (Å²) in [6.07, 6.45) is 1.50. The molecule has 0 aliphatic heterocycles. The summed E-state index contributed by atoms with van der Waals surface area (Å²) in [5, 5.41) is 15.2. The molecule has 31 heavy (non-hydrogen) atoms. The van der Waals surface area contributed by atoms with Crippen molar-refractivity contribution in [3.05, 3.63) is 91.8 Å². The van der Waals surface area contributed by atoms with Crippen LogP contribution >= 0.6 is 43.5 Å². The van der Waals surface area contributed by atoms with Crippen molar-refractivity contribution in [2.24, 2.45) is 5.10 Å². The number of hydrazone groups is 1. The number of phenols is 1. The van der Waals surface area contributed by atoms with Gasteiger partial charge in [-0.2, -0.15) is 5.10 Å². The summed E-state index contributed by atoms with van der Waals surface area (Å²) in [5.41, 5.74) is 5.94. The van der Waals surface area contributed by atoms with Crippen molar-refractivity contribution in [2.45, 2.75) is 0 Å². The maximum Gasteiger partial charge on any atom is 0.272 e. The molecule has 0 bridgehead atoms. The molecule has 1 aromatic heterocycles. The Labute approximate surface area is 200 Å². The number of nitrogens with zero attached hydrogens (tertiary/aromatic N) is 2. The standard InChI is InChI=1S/C23H14Br2ClN3O2/c24-18-9-13(10-19(25)22(18)30)12-27-29-23(31)17-11-21(14-5-7-15(26)8-6-14)28-20-4-2-1-3-16(17)20/h1-12,30H,(H,29,31). The van der Waals surface area contributed by atoms with Gasteiger partial charge in [-0.15, -0.1) is 0 Å². The summed E-state index contributed by atoms with van der Waals surface area (Å²) in [6.45, 7) is 0. The van der Waals surface area contributed by atoms with Crippen LogP contribution in [0.25, 0.3) is 22.2 Å². The first-order chi connectivity index (χ1) is 14.9. The summed E-state index contributed by atoms with van der Waals surface area (Å²) < 4.78 is 1.03. The molecule has 0 fully saturated rings. The molecule has 0 spiro atoms. The van der Waals surface area contributed by atoms with Crippen LogP contribution in [0.15, 0.2) is 80.8 Å². The lowest BCUT2D eigenvalue weighted by molar-refractivity contribution is 0.0956. The molecule has 1 heterocycles. The van der Waals surface area contributed by atoms with Crippen LogP contribution < -0.4 is 5.43 Å². The number of benzene rings is 3. The Hall–Kier alpha value is -2.74. The van der Waals surface area contributed by atoms with Gasteiger partial charge >= 0.3 is 0 Å². The number of para-hydroxylation sites is 1. The first-order valence-electron chi connectivity index (χ1n) is 9.09. The Morgan fingerprint density at radius 3 is 2.42 bits per heavy atom. The summed E-state index contributed by atoms with van der Waals surface area (Å²) in [5.74, 6) is -0.263. The van der Waals surface area contributed by atoms with Gasteiger partial charge in [0.15, 0.2) is 0 Å². The number of carbonyl (C=O) groups is 1. The number of hydrogen-bond acceptors (Lipinski definition) is 4. The molecule has 0 aliphatic carbocycles. The van der Waals surface area contributed by atoms with E-state index in [1.807, 2.05) is 36.4 Å². The minimum atomic E-state index is -0.359.